The number of ether oxygens (including phenoxy) is 1. The van der Waals surface area contributed by atoms with Crippen molar-refractivity contribution in [3.63, 3.8) is 0 Å². The molecule has 19 heavy (non-hydrogen) atoms. The van der Waals surface area contributed by atoms with Gasteiger partial charge in [-0.1, -0.05) is 27.7 Å². The third-order valence-electron chi connectivity index (χ3n) is 3.76. The van der Waals surface area contributed by atoms with Crippen molar-refractivity contribution >= 4 is 11.9 Å². The average molecular weight is 271 g/mol. The molecule has 0 bridgehead atoms. The Kier molecular flexibility index (Phi) is 5.35. The molecule has 5 heteroatoms. The summed E-state index contributed by atoms with van der Waals surface area (Å²) in [6.45, 7) is 9.50. The van der Waals surface area contributed by atoms with Gasteiger partial charge in [0.05, 0.1) is 18.4 Å². The van der Waals surface area contributed by atoms with Crippen LogP contribution in [0.4, 0.5) is 0 Å². The molecule has 0 aromatic rings. The van der Waals surface area contributed by atoms with Gasteiger partial charge < -0.3 is 15.2 Å². The molecule has 0 radical (unpaired) electrons. The van der Waals surface area contributed by atoms with Crippen LogP contribution in [0.25, 0.3) is 0 Å². The summed E-state index contributed by atoms with van der Waals surface area (Å²) >= 11 is 0. The maximum atomic E-state index is 11.8. The number of carbonyl (C=O) groups excluding carboxylic acids is 1. The molecule has 2 N–H and O–H groups in total. The lowest BCUT2D eigenvalue weighted by Gasteiger charge is -2.08. The smallest absolute Gasteiger partial charge is 0.307 e. The highest BCUT2D eigenvalue weighted by molar-refractivity contribution is 5.91. The molecule has 1 saturated carbocycles. The molecule has 0 aromatic heterocycles. The van der Waals surface area contributed by atoms with Crippen molar-refractivity contribution in [2.24, 2.45) is 23.2 Å². The minimum Gasteiger partial charge on any atom is -0.481 e. The Morgan fingerprint density at radius 3 is 2.37 bits per heavy atom. The van der Waals surface area contributed by atoms with Gasteiger partial charge >= 0.3 is 5.97 Å². The number of hydrogen-bond acceptors (Lipinski definition) is 3. The Labute approximate surface area is 114 Å². The molecule has 1 amide bonds. The molecule has 5 nitrogen and oxygen atoms in total. The topological polar surface area (TPSA) is 75.6 Å². The zero-order chi connectivity index (χ0) is 14.6. The van der Waals surface area contributed by atoms with Gasteiger partial charge in [-0.05, 0) is 17.8 Å². The Morgan fingerprint density at radius 1 is 1.26 bits per heavy atom. The molecular formula is C14H25NO4. The van der Waals surface area contributed by atoms with Crippen molar-refractivity contribution in [3.8, 4) is 0 Å². The van der Waals surface area contributed by atoms with E-state index in [-0.39, 0.29) is 5.91 Å². The highest BCUT2D eigenvalue weighted by atomic mass is 16.5. The van der Waals surface area contributed by atoms with Gasteiger partial charge in [-0.2, -0.15) is 0 Å². The SMILES string of the molecule is CC(C)CCOCCNC(=O)[C@H]1[C@@H](C(=O)O)C1(C)C. The lowest BCUT2D eigenvalue weighted by Crippen LogP contribution is -2.30. The van der Waals surface area contributed by atoms with Gasteiger partial charge in [0.25, 0.3) is 0 Å². The average Bonchev–Trinajstić information content (AvgIpc) is 2.86. The maximum Gasteiger partial charge on any atom is 0.307 e. The predicted molar refractivity (Wildman–Crippen MR) is 71.7 cm³/mol. The molecule has 1 aliphatic carbocycles. The highest BCUT2D eigenvalue weighted by Gasteiger charge is 2.65. The number of nitrogens with one attached hydrogen (secondary N) is 1. The normalized spacial score (nSPS) is 24.3. The van der Waals surface area contributed by atoms with E-state index in [1.54, 1.807) is 0 Å². The molecule has 0 aliphatic heterocycles. The van der Waals surface area contributed by atoms with E-state index < -0.39 is 23.2 Å². The molecule has 1 fully saturated rings. The van der Waals surface area contributed by atoms with Gasteiger partial charge in [-0.3, -0.25) is 9.59 Å². The Hall–Kier alpha value is -1.10. The minimum atomic E-state index is -0.890. The second-order valence-electron chi connectivity index (χ2n) is 6.20. The van der Waals surface area contributed by atoms with Crippen molar-refractivity contribution in [1.82, 2.24) is 5.32 Å². The lowest BCUT2D eigenvalue weighted by molar-refractivity contribution is -0.140. The van der Waals surface area contributed by atoms with Crippen LogP contribution >= 0.6 is 0 Å². The molecule has 1 rings (SSSR count). The number of amides is 1. The van der Waals surface area contributed by atoms with Gasteiger partial charge in [0.1, 0.15) is 0 Å². The molecule has 0 spiro atoms. The van der Waals surface area contributed by atoms with E-state index >= 15 is 0 Å². The molecule has 0 heterocycles. The molecule has 2 atom stereocenters. The number of hydrogen-bond donors (Lipinski definition) is 2. The number of aliphatic carboxylic acids is 1. The van der Waals surface area contributed by atoms with Crippen LogP contribution in [0.2, 0.25) is 0 Å². The largest absolute Gasteiger partial charge is 0.481 e. The van der Waals surface area contributed by atoms with Gasteiger partial charge in [0.2, 0.25) is 5.91 Å². The Bertz CT molecular complexity index is 338. The lowest BCUT2D eigenvalue weighted by atomic mass is 10.1. The molecular weight excluding hydrogens is 246 g/mol. The number of carboxylic acid groups (broad SMARTS) is 1. The van der Waals surface area contributed by atoms with Crippen LogP contribution in [0.1, 0.15) is 34.1 Å². The molecule has 1 aliphatic rings. The van der Waals surface area contributed by atoms with Crippen LogP contribution in [-0.2, 0) is 14.3 Å². The fraction of sp³-hybridized carbons (Fsp3) is 0.857. The van der Waals surface area contributed by atoms with E-state index in [1.807, 2.05) is 13.8 Å². The number of carboxylic acids is 1. The molecule has 110 valence electrons. The second-order valence-corrected chi connectivity index (χ2v) is 6.20. The predicted octanol–water partition coefficient (Wildman–Crippen LogP) is 1.52. The van der Waals surface area contributed by atoms with E-state index in [1.165, 1.54) is 0 Å². The zero-order valence-electron chi connectivity index (χ0n) is 12.2. The van der Waals surface area contributed by atoms with Gasteiger partial charge in [0.15, 0.2) is 0 Å². The van der Waals surface area contributed by atoms with Crippen molar-refractivity contribution in [3.05, 3.63) is 0 Å². The summed E-state index contributed by atoms with van der Waals surface area (Å²) in [6, 6.07) is 0. The van der Waals surface area contributed by atoms with Gasteiger partial charge in [0, 0.05) is 13.2 Å². The van der Waals surface area contributed by atoms with Crippen LogP contribution in [0, 0.1) is 23.2 Å². The summed E-state index contributed by atoms with van der Waals surface area (Å²) in [5, 5.41) is 11.7. The third-order valence-corrected chi connectivity index (χ3v) is 3.76. The number of rotatable bonds is 8. The minimum absolute atomic E-state index is 0.176. The van der Waals surface area contributed by atoms with Crippen LogP contribution in [0.5, 0.6) is 0 Å². The summed E-state index contributed by atoms with van der Waals surface area (Å²) in [6.07, 6.45) is 1.00. The van der Waals surface area contributed by atoms with E-state index in [0.29, 0.717) is 25.7 Å². The molecule has 0 unspecified atom stereocenters. The highest BCUT2D eigenvalue weighted by Crippen LogP contribution is 2.58. The third kappa shape index (κ3) is 4.20. The fourth-order valence-electron chi connectivity index (χ4n) is 2.37. The Balaban J connectivity index is 2.18. The van der Waals surface area contributed by atoms with Gasteiger partial charge in [-0.15, -0.1) is 0 Å². The zero-order valence-corrected chi connectivity index (χ0v) is 12.2. The van der Waals surface area contributed by atoms with Crippen molar-refractivity contribution < 1.29 is 19.4 Å². The monoisotopic (exact) mass is 271 g/mol. The summed E-state index contributed by atoms with van der Waals surface area (Å²) in [5.74, 6) is -1.43. The molecule has 0 aromatic carbocycles. The van der Waals surface area contributed by atoms with Gasteiger partial charge in [-0.25, -0.2) is 0 Å². The summed E-state index contributed by atoms with van der Waals surface area (Å²) in [5.41, 5.74) is -0.436. The van der Waals surface area contributed by atoms with Crippen LogP contribution in [0.3, 0.4) is 0 Å². The van der Waals surface area contributed by atoms with E-state index in [4.69, 9.17) is 9.84 Å². The Morgan fingerprint density at radius 2 is 1.89 bits per heavy atom. The first-order chi connectivity index (χ1) is 8.78. The first-order valence-corrected chi connectivity index (χ1v) is 6.86. The van der Waals surface area contributed by atoms with E-state index in [9.17, 15) is 9.59 Å². The maximum absolute atomic E-state index is 11.8. The quantitative estimate of drug-likeness (QED) is 0.656. The number of carbonyl (C=O) groups is 2. The van der Waals surface area contributed by atoms with E-state index in [0.717, 1.165) is 6.42 Å². The second kappa shape index (κ2) is 6.37. The van der Waals surface area contributed by atoms with Crippen LogP contribution in [-0.4, -0.2) is 36.7 Å². The summed E-state index contributed by atoms with van der Waals surface area (Å²) in [7, 11) is 0. The van der Waals surface area contributed by atoms with Crippen molar-refractivity contribution in [2.75, 3.05) is 19.8 Å². The van der Waals surface area contributed by atoms with Crippen molar-refractivity contribution in [1.29, 1.82) is 0 Å². The van der Waals surface area contributed by atoms with Crippen LogP contribution in [0.15, 0.2) is 0 Å². The van der Waals surface area contributed by atoms with E-state index in [2.05, 4.69) is 19.2 Å². The summed E-state index contributed by atoms with van der Waals surface area (Å²) in [4.78, 5) is 22.8. The summed E-state index contributed by atoms with van der Waals surface area (Å²) < 4.78 is 5.39. The fourth-order valence-corrected chi connectivity index (χ4v) is 2.37. The van der Waals surface area contributed by atoms with Crippen LogP contribution < -0.4 is 5.32 Å². The van der Waals surface area contributed by atoms with Crippen molar-refractivity contribution in [2.45, 2.75) is 34.1 Å². The first-order valence-electron chi connectivity index (χ1n) is 6.86. The first kappa shape index (κ1) is 16.0. The molecule has 0 saturated heterocycles. The standard InChI is InChI=1S/C14H25NO4/c1-9(2)5-7-19-8-6-15-12(16)10-11(13(17)18)14(10,3)4/h9-11H,5-8H2,1-4H3,(H,15,16)(H,17,18)/t10-,11+/m1/s1.